The van der Waals surface area contributed by atoms with E-state index in [-0.39, 0.29) is 6.04 Å². The summed E-state index contributed by atoms with van der Waals surface area (Å²) in [6, 6.07) is 8.11. The number of fused-ring (bicyclic) bond motifs is 4. The molecule has 0 saturated carbocycles. The Balaban J connectivity index is 1.65. The lowest BCUT2D eigenvalue weighted by atomic mass is 9.93. The van der Waals surface area contributed by atoms with Gasteiger partial charge in [0.15, 0.2) is 27.2 Å². The highest BCUT2D eigenvalue weighted by Gasteiger charge is 2.49. The lowest BCUT2D eigenvalue weighted by Gasteiger charge is -2.41. The van der Waals surface area contributed by atoms with Crippen molar-refractivity contribution >= 4 is 26.6 Å². The maximum atomic E-state index is 13.4. The Bertz CT molecular complexity index is 1350. The number of aromatic amines is 1. The van der Waals surface area contributed by atoms with Gasteiger partial charge in [-0.3, -0.25) is 0 Å². The minimum absolute atomic E-state index is 0.161. The zero-order chi connectivity index (χ0) is 24.0. The number of hydrogen-bond donors (Lipinski definition) is 1. The number of ether oxygens (including phenoxy) is 3. The van der Waals surface area contributed by atoms with Gasteiger partial charge in [0.05, 0.1) is 25.9 Å². The van der Waals surface area contributed by atoms with Crippen LogP contribution in [0.3, 0.4) is 0 Å². The lowest BCUT2D eigenvalue weighted by molar-refractivity contribution is 0.0715. The van der Waals surface area contributed by atoms with Gasteiger partial charge < -0.3 is 24.1 Å². The highest BCUT2D eigenvalue weighted by atomic mass is 32.2. The molecule has 1 unspecified atom stereocenters. The zero-order valence-electron chi connectivity index (χ0n) is 19.8. The van der Waals surface area contributed by atoms with Crippen LogP contribution in [0, 0.1) is 0 Å². The standard InChI is InChI=1S/C25H30N4O5S/c1-35(30,31)25(8-13-32-14-9-25)22-21-24(29-11-15-33-16-17(29)4-3-12-34-21)28-23(27-22)19-5-2-6-20-18(19)7-10-26-20/h2,5-7,10,17,26H,3-4,8-9,11-16H2,1H3. The average molecular weight is 499 g/mol. The van der Waals surface area contributed by atoms with E-state index in [4.69, 9.17) is 24.2 Å². The molecular weight excluding hydrogens is 468 g/mol. The van der Waals surface area contributed by atoms with Crippen molar-refractivity contribution in [3.63, 3.8) is 0 Å². The number of rotatable bonds is 3. The van der Waals surface area contributed by atoms with Gasteiger partial charge in [0.2, 0.25) is 0 Å². The fourth-order valence-electron chi connectivity index (χ4n) is 5.63. The Hall–Kier alpha value is -2.69. The Labute approximate surface area is 204 Å². The van der Waals surface area contributed by atoms with Crippen molar-refractivity contribution in [2.75, 3.05) is 50.7 Å². The molecule has 1 N–H and O–H groups in total. The molecule has 9 nitrogen and oxygen atoms in total. The van der Waals surface area contributed by atoms with Gasteiger partial charge in [-0.2, -0.15) is 0 Å². The summed E-state index contributed by atoms with van der Waals surface area (Å²) in [5.74, 6) is 1.67. The Morgan fingerprint density at radius 2 is 1.94 bits per heavy atom. The van der Waals surface area contributed by atoms with Gasteiger partial charge in [-0.05, 0) is 37.8 Å². The van der Waals surface area contributed by atoms with Crippen LogP contribution in [0.15, 0.2) is 30.5 Å². The van der Waals surface area contributed by atoms with Crippen molar-refractivity contribution in [2.45, 2.75) is 36.5 Å². The maximum Gasteiger partial charge on any atom is 0.185 e. The molecule has 3 aliphatic rings. The number of nitrogens with one attached hydrogen (secondary N) is 1. The van der Waals surface area contributed by atoms with Gasteiger partial charge in [-0.15, -0.1) is 0 Å². The number of anilines is 1. The highest BCUT2D eigenvalue weighted by molar-refractivity contribution is 7.91. The molecule has 6 rings (SSSR count). The molecule has 5 heterocycles. The van der Waals surface area contributed by atoms with Gasteiger partial charge >= 0.3 is 0 Å². The van der Waals surface area contributed by atoms with E-state index in [9.17, 15) is 8.42 Å². The Morgan fingerprint density at radius 3 is 2.77 bits per heavy atom. The van der Waals surface area contributed by atoms with Crippen LogP contribution in [0.25, 0.3) is 22.3 Å². The van der Waals surface area contributed by atoms with Gasteiger partial charge in [-0.1, -0.05) is 12.1 Å². The first-order chi connectivity index (χ1) is 17.0. The molecule has 2 saturated heterocycles. The number of morpholine rings is 1. The number of benzene rings is 1. The van der Waals surface area contributed by atoms with E-state index in [0.29, 0.717) is 75.5 Å². The predicted octanol–water partition coefficient (Wildman–Crippen LogP) is 3.05. The number of H-pyrrole nitrogens is 1. The quantitative estimate of drug-likeness (QED) is 0.587. The summed E-state index contributed by atoms with van der Waals surface area (Å²) in [5, 5.41) is 0.990. The summed E-state index contributed by atoms with van der Waals surface area (Å²) in [7, 11) is -3.55. The van der Waals surface area contributed by atoms with Crippen LogP contribution >= 0.6 is 0 Å². The molecule has 0 aliphatic carbocycles. The summed E-state index contributed by atoms with van der Waals surface area (Å²) in [4.78, 5) is 15.6. The van der Waals surface area contributed by atoms with Crippen LogP contribution in [0.4, 0.5) is 5.82 Å². The number of sulfone groups is 1. The first kappa shape index (κ1) is 22.8. The number of aromatic nitrogens is 3. The summed E-state index contributed by atoms with van der Waals surface area (Å²) in [5.41, 5.74) is 2.29. The first-order valence-corrected chi connectivity index (χ1v) is 14.1. The normalized spacial score (nSPS) is 22.5. The molecule has 1 aromatic carbocycles. The Kier molecular flexibility index (Phi) is 5.69. The summed E-state index contributed by atoms with van der Waals surface area (Å²) >= 11 is 0. The van der Waals surface area contributed by atoms with E-state index in [2.05, 4.69) is 9.88 Å². The van der Waals surface area contributed by atoms with E-state index in [1.807, 2.05) is 30.5 Å². The van der Waals surface area contributed by atoms with Gasteiger partial charge in [0, 0.05) is 48.7 Å². The van der Waals surface area contributed by atoms with Gasteiger partial charge in [-0.25, -0.2) is 18.4 Å². The van der Waals surface area contributed by atoms with Crippen LogP contribution in [0.5, 0.6) is 5.75 Å². The molecule has 186 valence electrons. The van der Waals surface area contributed by atoms with Crippen LogP contribution < -0.4 is 9.64 Å². The van der Waals surface area contributed by atoms with Gasteiger partial charge in [0.25, 0.3) is 0 Å². The van der Waals surface area contributed by atoms with E-state index in [1.54, 1.807) is 0 Å². The molecule has 2 aromatic heterocycles. The van der Waals surface area contributed by atoms with Crippen molar-refractivity contribution in [3.05, 3.63) is 36.2 Å². The van der Waals surface area contributed by atoms with E-state index in [0.717, 1.165) is 29.3 Å². The van der Waals surface area contributed by atoms with Gasteiger partial charge in [0.1, 0.15) is 10.4 Å². The fraction of sp³-hybridized carbons (Fsp3) is 0.520. The third-order valence-electron chi connectivity index (χ3n) is 7.55. The largest absolute Gasteiger partial charge is 0.488 e. The molecular formula is C25H30N4O5S. The second-order valence-electron chi connectivity index (χ2n) is 9.58. The van der Waals surface area contributed by atoms with Crippen molar-refractivity contribution in [3.8, 4) is 17.1 Å². The number of nitrogens with zero attached hydrogens (tertiary/aromatic N) is 3. The molecule has 10 heteroatoms. The van der Waals surface area contributed by atoms with E-state index in [1.165, 1.54) is 6.26 Å². The summed E-state index contributed by atoms with van der Waals surface area (Å²) in [6.07, 6.45) is 5.63. The predicted molar refractivity (Wildman–Crippen MR) is 133 cm³/mol. The van der Waals surface area contributed by atoms with E-state index < -0.39 is 14.6 Å². The molecule has 3 aliphatic heterocycles. The summed E-state index contributed by atoms with van der Waals surface area (Å²) < 4.78 is 43.4. The van der Waals surface area contributed by atoms with Crippen LogP contribution in [-0.2, 0) is 24.1 Å². The second kappa shape index (κ2) is 8.76. The van der Waals surface area contributed by atoms with Crippen molar-refractivity contribution in [2.24, 2.45) is 0 Å². The van der Waals surface area contributed by atoms with Crippen LogP contribution in [0.1, 0.15) is 31.4 Å². The second-order valence-corrected chi connectivity index (χ2v) is 11.9. The third kappa shape index (κ3) is 3.78. The molecule has 0 radical (unpaired) electrons. The highest BCUT2D eigenvalue weighted by Crippen LogP contribution is 2.47. The van der Waals surface area contributed by atoms with Crippen molar-refractivity contribution in [1.29, 1.82) is 0 Å². The average Bonchev–Trinajstić information content (AvgIpc) is 3.34. The lowest BCUT2D eigenvalue weighted by Crippen LogP contribution is -2.48. The monoisotopic (exact) mass is 498 g/mol. The molecule has 0 spiro atoms. The van der Waals surface area contributed by atoms with Crippen molar-refractivity contribution < 1.29 is 22.6 Å². The first-order valence-electron chi connectivity index (χ1n) is 12.2. The number of hydrogen-bond acceptors (Lipinski definition) is 8. The topological polar surface area (TPSA) is 107 Å². The maximum absolute atomic E-state index is 13.4. The minimum Gasteiger partial charge on any atom is -0.488 e. The van der Waals surface area contributed by atoms with E-state index >= 15 is 0 Å². The molecule has 3 aromatic rings. The molecule has 1 atom stereocenters. The van der Waals surface area contributed by atoms with Crippen LogP contribution in [0.2, 0.25) is 0 Å². The SMILES string of the molecule is CS(=O)(=O)C1(c2nc(-c3cccc4[nH]ccc34)nc3c2OCCCC2COCCN32)CCOCC1. The zero-order valence-corrected chi connectivity index (χ0v) is 20.6. The Morgan fingerprint density at radius 1 is 1.09 bits per heavy atom. The fourth-order valence-corrected chi connectivity index (χ4v) is 7.02. The smallest absolute Gasteiger partial charge is 0.185 e. The van der Waals surface area contributed by atoms with Crippen LogP contribution in [-0.4, -0.2) is 75.2 Å². The van der Waals surface area contributed by atoms with Crippen molar-refractivity contribution in [1.82, 2.24) is 15.0 Å². The molecule has 0 amide bonds. The third-order valence-corrected chi connectivity index (χ3v) is 9.57. The minimum atomic E-state index is -3.55. The summed E-state index contributed by atoms with van der Waals surface area (Å²) in [6.45, 7) is 3.07. The molecule has 0 bridgehead atoms. The molecule has 35 heavy (non-hydrogen) atoms. The molecule has 2 fully saturated rings.